The summed E-state index contributed by atoms with van der Waals surface area (Å²) in [5.74, 6) is 1.56. The molecule has 0 radical (unpaired) electrons. The largest absolute Gasteiger partial charge is 0.319 e. The number of nitrogens with zero attached hydrogens (tertiary/aromatic N) is 4. The van der Waals surface area contributed by atoms with Crippen LogP contribution in [0, 0.1) is 0 Å². The maximum atomic E-state index is 6.46. The lowest BCUT2D eigenvalue weighted by molar-refractivity contribution is 0.400. The van der Waals surface area contributed by atoms with E-state index in [0.29, 0.717) is 5.92 Å². The Labute approximate surface area is 123 Å². The summed E-state index contributed by atoms with van der Waals surface area (Å²) in [4.78, 5) is 0.886. The molecule has 1 saturated carbocycles. The van der Waals surface area contributed by atoms with E-state index >= 15 is 0 Å². The fourth-order valence-electron chi connectivity index (χ4n) is 3.00. The Kier molecular flexibility index (Phi) is 3.77. The van der Waals surface area contributed by atoms with Crippen LogP contribution in [0.3, 0.4) is 0 Å². The number of hydrogen-bond donors (Lipinski definition) is 1. The quantitative estimate of drug-likeness (QED) is 0.939. The van der Waals surface area contributed by atoms with Crippen LogP contribution in [0.25, 0.3) is 4.96 Å². The van der Waals surface area contributed by atoms with Crippen molar-refractivity contribution in [1.29, 1.82) is 0 Å². The van der Waals surface area contributed by atoms with Crippen LogP contribution < -0.4 is 5.73 Å². The van der Waals surface area contributed by atoms with Gasteiger partial charge in [-0.1, -0.05) is 44.4 Å². The molecule has 0 amide bonds. The van der Waals surface area contributed by atoms with Crippen molar-refractivity contribution < 1.29 is 0 Å². The molecule has 0 unspecified atom stereocenters. The van der Waals surface area contributed by atoms with E-state index in [1.54, 1.807) is 11.3 Å². The van der Waals surface area contributed by atoms with Gasteiger partial charge in [0.1, 0.15) is 5.01 Å². The van der Waals surface area contributed by atoms with Crippen molar-refractivity contribution in [3.8, 4) is 0 Å². The third-order valence-corrected chi connectivity index (χ3v) is 5.79. The molecule has 0 aromatic carbocycles. The number of aromatic nitrogens is 4. The van der Waals surface area contributed by atoms with Gasteiger partial charge in [-0.15, -0.1) is 10.2 Å². The summed E-state index contributed by atoms with van der Waals surface area (Å²) in [7, 11) is 0. The summed E-state index contributed by atoms with van der Waals surface area (Å²) >= 11 is 1.59. The maximum Gasteiger partial charge on any atom is 0.234 e. The van der Waals surface area contributed by atoms with Crippen LogP contribution in [0.4, 0.5) is 0 Å². The van der Waals surface area contributed by atoms with E-state index < -0.39 is 0 Å². The molecular formula is C14H23N5S. The first-order valence-corrected chi connectivity index (χ1v) is 8.51. The van der Waals surface area contributed by atoms with E-state index in [1.165, 1.54) is 32.1 Å². The van der Waals surface area contributed by atoms with Gasteiger partial charge in [0.15, 0.2) is 5.82 Å². The SMILES string of the molecule is CCC(N)(CC)c1nn2c(C3CCCCC3)nnc2s1. The average Bonchev–Trinajstić information content (AvgIpc) is 3.07. The molecule has 20 heavy (non-hydrogen) atoms. The predicted octanol–water partition coefficient (Wildman–Crippen LogP) is 3.21. The van der Waals surface area contributed by atoms with Gasteiger partial charge < -0.3 is 5.73 Å². The van der Waals surface area contributed by atoms with Gasteiger partial charge in [0.2, 0.25) is 4.96 Å². The summed E-state index contributed by atoms with van der Waals surface area (Å²) in [5, 5.41) is 14.4. The van der Waals surface area contributed by atoms with Crippen LogP contribution in [0.2, 0.25) is 0 Å². The van der Waals surface area contributed by atoms with Crippen LogP contribution in [-0.4, -0.2) is 19.8 Å². The van der Waals surface area contributed by atoms with Gasteiger partial charge in [0.05, 0.1) is 5.54 Å². The second kappa shape index (κ2) is 5.41. The van der Waals surface area contributed by atoms with Crippen molar-refractivity contribution in [2.75, 3.05) is 0 Å². The fraction of sp³-hybridized carbons (Fsp3) is 0.786. The Hall–Kier alpha value is -1.01. The minimum Gasteiger partial charge on any atom is -0.319 e. The summed E-state index contributed by atoms with van der Waals surface area (Å²) in [6, 6.07) is 0. The third kappa shape index (κ3) is 2.24. The topological polar surface area (TPSA) is 69.1 Å². The average molecular weight is 293 g/mol. The van der Waals surface area contributed by atoms with E-state index in [1.807, 2.05) is 4.52 Å². The van der Waals surface area contributed by atoms with Gasteiger partial charge in [-0.05, 0) is 25.7 Å². The molecular weight excluding hydrogens is 270 g/mol. The summed E-state index contributed by atoms with van der Waals surface area (Å²) < 4.78 is 1.95. The minimum absolute atomic E-state index is 0.324. The molecule has 2 aromatic rings. The molecule has 0 saturated heterocycles. The Morgan fingerprint density at radius 2 is 1.90 bits per heavy atom. The lowest BCUT2D eigenvalue weighted by atomic mass is 9.89. The number of nitrogens with two attached hydrogens (primary N) is 1. The third-order valence-electron chi connectivity index (χ3n) is 4.67. The standard InChI is InChI=1S/C14H23N5S/c1-3-14(15,4-2)12-18-19-11(16-17-13(19)20-12)10-8-6-5-7-9-10/h10H,3-9,15H2,1-2H3. The monoisotopic (exact) mass is 293 g/mol. The van der Waals surface area contributed by atoms with Crippen LogP contribution in [0.1, 0.15) is 75.5 Å². The van der Waals surface area contributed by atoms with Crippen molar-refractivity contribution in [3.63, 3.8) is 0 Å². The molecule has 0 aliphatic heterocycles. The zero-order chi connectivity index (χ0) is 14.2. The summed E-state index contributed by atoms with van der Waals surface area (Å²) in [6.45, 7) is 4.24. The molecule has 1 fully saturated rings. The van der Waals surface area contributed by atoms with Crippen LogP contribution in [0.15, 0.2) is 0 Å². The van der Waals surface area contributed by atoms with Crippen molar-refractivity contribution in [2.45, 2.75) is 70.3 Å². The zero-order valence-corrected chi connectivity index (χ0v) is 13.1. The Morgan fingerprint density at radius 1 is 1.20 bits per heavy atom. The lowest BCUT2D eigenvalue weighted by Gasteiger charge is -2.23. The van der Waals surface area contributed by atoms with Crippen LogP contribution in [-0.2, 0) is 5.54 Å². The normalized spacial score (nSPS) is 17.9. The highest BCUT2D eigenvalue weighted by atomic mass is 32.1. The molecule has 6 heteroatoms. The van der Waals surface area contributed by atoms with Gasteiger partial charge in [-0.3, -0.25) is 0 Å². The predicted molar refractivity (Wildman–Crippen MR) is 80.9 cm³/mol. The lowest BCUT2D eigenvalue weighted by Crippen LogP contribution is -2.35. The Bertz CT molecular complexity index is 577. The Morgan fingerprint density at radius 3 is 2.55 bits per heavy atom. The van der Waals surface area contributed by atoms with Crippen molar-refractivity contribution in [2.24, 2.45) is 5.73 Å². The number of fused-ring (bicyclic) bond motifs is 1. The van der Waals surface area contributed by atoms with E-state index in [9.17, 15) is 0 Å². The molecule has 0 atom stereocenters. The first kappa shape index (κ1) is 13.9. The van der Waals surface area contributed by atoms with Crippen molar-refractivity contribution in [1.82, 2.24) is 19.8 Å². The minimum atomic E-state index is -0.324. The number of rotatable bonds is 4. The molecule has 3 rings (SSSR count). The molecule has 1 aliphatic carbocycles. The number of hydrogen-bond acceptors (Lipinski definition) is 5. The second-order valence-corrected chi connectivity index (χ2v) is 6.81. The van der Waals surface area contributed by atoms with Crippen LogP contribution in [0.5, 0.6) is 0 Å². The highest BCUT2D eigenvalue weighted by Crippen LogP contribution is 2.34. The molecule has 2 heterocycles. The van der Waals surface area contributed by atoms with E-state index in [4.69, 9.17) is 10.8 Å². The zero-order valence-electron chi connectivity index (χ0n) is 12.3. The van der Waals surface area contributed by atoms with Crippen molar-refractivity contribution >= 4 is 16.3 Å². The highest BCUT2D eigenvalue weighted by molar-refractivity contribution is 7.16. The van der Waals surface area contributed by atoms with Gasteiger partial charge in [-0.25, -0.2) is 0 Å². The maximum absolute atomic E-state index is 6.46. The van der Waals surface area contributed by atoms with Gasteiger partial charge in [0, 0.05) is 5.92 Å². The second-order valence-electron chi connectivity index (χ2n) is 5.86. The molecule has 2 aromatic heterocycles. The molecule has 2 N–H and O–H groups in total. The molecule has 0 bridgehead atoms. The van der Waals surface area contributed by atoms with Crippen LogP contribution >= 0.6 is 11.3 Å². The summed E-state index contributed by atoms with van der Waals surface area (Å²) in [6.07, 6.45) is 8.14. The van der Waals surface area contributed by atoms with E-state index in [0.717, 1.165) is 28.6 Å². The van der Waals surface area contributed by atoms with E-state index in [2.05, 4.69) is 24.0 Å². The molecule has 1 aliphatic rings. The summed E-state index contributed by atoms with van der Waals surface area (Å²) in [5.41, 5.74) is 6.13. The highest BCUT2D eigenvalue weighted by Gasteiger charge is 2.30. The van der Waals surface area contributed by atoms with Gasteiger partial charge >= 0.3 is 0 Å². The van der Waals surface area contributed by atoms with Crippen molar-refractivity contribution in [3.05, 3.63) is 10.8 Å². The smallest absolute Gasteiger partial charge is 0.234 e. The van der Waals surface area contributed by atoms with E-state index in [-0.39, 0.29) is 5.54 Å². The molecule has 0 spiro atoms. The molecule has 110 valence electrons. The first-order valence-electron chi connectivity index (χ1n) is 7.69. The fourth-order valence-corrected chi connectivity index (χ4v) is 4.09. The Balaban J connectivity index is 1.98. The van der Waals surface area contributed by atoms with Gasteiger partial charge in [-0.2, -0.15) is 9.61 Å². The van der Waals surface area contributed by atoms with Gasteiger partial charge in [0.25, 0.3) is 0 Å². The molecule has 5 nitrogen and oxygen atoms in total. The first-order chi connectivity index (χ1) is 9.68.